The number of rotatable bonds is 0. The Bertz CT molecular complexity index is 298. The molecule has 0 aromatic heterocycles. The van der Waals surface area contributed by atoms with Crippen molar-refractivity contribution in [1.29, 1.82) is 0 Å². The second-order valence-corrected chi connectivity index (χ2v) is 3.68. The van der Waals surface area contributed by atoms with Crippen LogP contribution in [0.25, 0.3) is 0 Å². The van der Waals surface area contributed by atoms with E-state index in [2.05, 4.69) is 6.07 Å². The summed E-state index contributed by atoms with van der Waals surface area (Å²) in [7, 11) is 0. The Morgan fingerprint density at radius 2 is 2.08 bits per heavy atom. The quantitative estimate of drug-likeness (QED) is 0.588. The molecule has 3 N–H and O–H groups in total. The molecule has 1 aromatic carbocycles. The van der Waals surface area contributed by atoms with Crippen LogP contribution in [0.4, 0.5) is 0 Å². The van der Waals surface area contributed by atoms with Gasteiger partial charge in [0.2, 0.25) is 0 Å². The molecule has 13 heavy (non-hydrogen) atoms. The van der Waals surface area contributed by atoms with Gasteiger partial charge in [-0.15, -0.1) is 0 Å². The Kier molecular flexibility index (Phi) is 2.34. The van der Waals surface area contributed by atoms with Crippen LogP contribution in [0.15, 0.2) is 24.3 Å². The van der Waals surface area contributed by atoms with E-state index < -0.39 is 0 Å². The van der Waals surface area contributed by atoms with E-state index in [1.165, 1.54) is 5.56 Å². The third-order valence-corrected chi connectivity index (χ3v) is 2.77. The van der Waals surface area contributed by atoms with Gasteiger partial charge in [-0.25, -0.2) is 0 Å². The monoisotopic (exact) mass is 177 g/mol. The zero-order valence-electron chi connectivity index (χ0n) is 7.61. The molecule has 70 valence electrons. The highest BCUT2D eigenvalue weighted by Gasteiger charge is 2.21. The number of nitrogens with two attached hydrogens (primary N) is 1. The molecule has 0 unspecified atom stereocenters. The SMILES string of the molecule is N[C@@H]1c2ccccc2CCC[C@H]1O. The number of hydrogen-bond donors (Lipinski definition) is 2. The number of aryl methyl sites for hydroxylation is 1. The average Bonchev–Trinajstić information content (AvgIpc) is 2.29. The van der Waals surface area contributed by atoms with Gasteiger partial charge in [-0.2, -0.15) is 0 Å². The van der Waals surface area contributed by atoms with E-state index in [-0.39, 0.29) is 12.1 Å². The molecule has 0 heterocycles. The van der Waals surface area contributed by atoms with E-state index in [0.29, 0.717) is 0 Å². The number of hydrogen-bond acceptors (Lipinski definition) is 2. The van der Waals surface area contributed by atoms with E-state index in [4.69, 9.17) is 5.73 Å². The topological polar surface area (TPSA) is 46.2 Å². The first-order valence-corrected chi connectivity index (χ1v) is 4.80. The molecule has 2 nitrogen and oxygen atoms in total. The van der Waals surface area contributed by atoms with E-state index in [0.717, 1.165) is 24.8 Å². The van der Waals surface area contributed by atoms with Gasteiger partial charge in [0.1, 0.15) is 0 Å². The summed E-state index contributed by atoms with van der Waals surface area (Å²) >= 11 is 0. The van der Waals surface area contributed by atoms with Crippen LogP contribution in [0.1, 0.15) is 30.0 Å². The first-order valence-electron chi connectivity index (χ1n) is 4.80. The van der Waals surface area contributed by atoms with Crippen LogP contribution in [0, 0.1) is 0 Å². The second-order valence-electron chi connectivity index (χ2n) is 3.68. The lowest BCUT2D eigenvalue weighted by atomic mass is 9.99. The molecule has 2 heteroatoms. The van der Waals surface area contributed by atoms with Gasteiger partial charge in [0.25, 0.3) is 0 Å². The van der Waals surface area contributed by atoms with Crippen molar-refractivity contribution in [2.24, 2.45) is 5.73 Å². The van der Waals surface area contributed by atoms with Crippen molar-refractivity contribution < 1.29 is 5.11 Å². The number of fused-ring (bicyclic) bond motifs is 1. The first-order chi connectivity index (χ1) is 6.29. The average molecular weight is 177 g/mol. The van der Waals surface area contributed by atoms with Crippen LogP contribution < -0.4 is 5.73 Å². The molecule has 1 aliphatic carbocycles. The molecule has 0 spiro atoms. The van der Waals surface area contributed by atoms with Gasteiger partial charge in [0.05, 0.1) is 12.1 Å². The Morgan fingerprint density at radius 1 is 1.31 bits per heavy atom. The third-order valence-electron chi connectivity index (χ3n) is 2.77. The van der Waals surface area contributed by atoms with Crippen molar-refractivity contribution in [3.8, 4) is 0 Å². The highest BCUT2D eigenvalue weighted by atomic mass is 16.3. The summed E-state index contributed by atoms with van der Waals surface area (Å²) in [6.45, 7) is 0. The summed E-state index contributed by atoms with van der Waals surface area (Å²) in [6.07, 6.45) is 2.52. The maximum absolute atomic E-state index is 9.68. The summed E-state index contributed by atoms with van der Waals surface area (Å²) in [5.74, 6) is 0. The molecule has 0 saturated heterocycles. The maximum Gasteiger partial charge on any atom is 0.0733 e. The molecule has 0 saturated carbocycles. The molecule has 1 aromatic rings. The van der Waals surface area contributed by atoms with Crippen molar-refractivity contribution in [3.05, 3.63) is 35.4 Å². The Hall–Kier alpha value is -0.860. The highest BCUT2D eigenvalue weighted by Crippen LogP contribution is 2.26. The standard InChI is InChI=1S/C11H15NO/c12-11-9-6-2-1-4-8(9)5-3-7-10(11)13/h1-2,4,6,10-11,13H,3,5,7,12H2/t10-,11-/m1/s1. The van der Waals surface area contributed by atoms with Crippen LogP contribution in [0.2, 0.25) is 0 Å². The molecule has 0 radical (unpaired) electrons. The molecule has 2 atom stereocenters. The van der Waals surface area contributed by atoms with Gasteiger partial charge >= 0.3 is 0 Å². The van der Waals surface area contributed by atoms with Gasteiger partial charge in [-0.1, -0.05) is 24.3 Å². The molecule has 0 aliphatic heterocycles. The molecule has 0 amide bonds. The van der Waals surface area contributed by atoms with Gasteiger partial charge < -0.3 is 10.8 Å². The fraction of sp³-hybridized carbons (Fsp3) is 0.455. The third kappa shape index (κ3) is 1.60. The lowest BCUT2D eigenvalue weighted by Gasteiger charge is -2.17. The van der Waals surface area contributed by atoms with Crippen LogP contribution in [-0.4, -0.2) is 11.2 Å². The molecule has 0 fully saturated rings. The molecular weight excluding hydrogens is 162 g/mol. The summed E-state index contributed by atoms with van der Waals surface area (Å²) in [5.41, 5.74) is 8.36. The smallest absolute Gasteiger partial charge is 0.0733 e. The second kappa shape index (κ2) is 3.48. The number of aliphatic hydroxyl groups is 1. The minimum Gasteiger partial charge on any atom is -0.391 e. The van der Waals surface area contributed by atoms with Gasteiger partial charge in [-0.3, -0.25) is 0 Å². The number of aliphatic hydroxyl groups excluding tert-OH is 1. The Labute approximate surface area is 78.4 Å². The lowest BCUT2D eigenvalue weighted by Crippen LogP contribution is -2.25. The van der Waals surface area contributed by atoms with E-state index in [9.17, 15) is 5.11 Å². The number of benzene rings is 1. The zero-order chi connectivity index (χ0) is 9.26. The highest BCUT2D eigenvalue weighted by molar-refractivity contribution is 5.31. The van der Waals surface area contributed by atoms with Gasteiger partial charge in [0, 0.05) is 0 Å². The fourth-order valence-corrected chi connectivity index (χ4v) is 1.98. The summed E-state index contributed by atoms with van der Waals surface area (Å²) in [4.78, 5) is 0. The van der Waals surface area contributed by atoms with Crippen molar-refractivity contribution in [3.63, 3.8) is 0 Å². The summed E-state index contributed by atoms with van der Waals surface area (Å²) in [6, 6.07) is 7.94. The Morgan fingerprint density at radius 3 is 2.92 bits per heavy atom. The lowest BCUT2D eigenvalue weighted by molar-refractivity contribution is 0.136. The van der Waals surface area contributed by atoms with E-state index >= 15 is 0 Å². The largest absolute Gasteiger partial charge is 0.391 e. The molecule has 2 rings (SSSR count). The van der Waals surface area contributed by atoms with Crippen LogP contribution >= 0.6 is 0 Å². The first kappa shape index (κ1) is 8.73. The Balaban J connectivity index is 2.40. The van der Waals surface area contributed by atoms with E-state index in [1.54, 1.807) is 0 Å². The molecule has 1 aliphatic rings. The summed E-state index contributed by atoms with van der Waals surface area (Å²) < 4.78 is 0. The fourth-order valence-electron chi connectivity index (χ4n) is 1.98. The van der Waals surface area contributed by atoms with Crippen LogP contribution in [0.3, 0.4) is 0 Å². The van der Waals surface area contributed by atoms with Crippen LogP contribution in [-0.2, 0) is 6.42 Å². The zero-order valence-corrected chi connectivity index (χ0v) is 7.61. The van der Waals surface area contributed by atoms with Crippen LogP contribution in [0.5, 0.6) is 0 Å². The van der Waals surface area contributed by atoms with Crippen molar-refractivity contribution in [2.75, 3.05) is 0 Å². The normalized spacial score (nSPS) is 27.8. The van der Waals surface area contributed by atoms with Crippen molar-refractivity contribution in [2.45, 2.75) is 31.4 Å². The maximum atomic E-state index is 9.68. The predicted molar refractivity (Wildman–Crippen MR) is 52.3 cm³/mol. The minimum atomic E-state index is -0.372. The summed E-state index contributed by atoms with van der Waals surface area (Å²) in [5, 5.41) is 9.68. The predicted octanol–water partition coefficient (Wildman–Crippen LogP) is 1.38. The van der Waals surface area contributed by atoms with Gasteiger partial charge in [0.15, 0.2) is 0 Å². The minimum absolute atomic E-state index is 0.196. The molecule has 0 bridgehead atoms. The molecular formula is C11H15NO. The van der Waals surface area contributed by atoms with Gasteiger partial charge in [-0.05, 0) is 30.4 Å². The van der Waals surface area contributed by atoms with E-state index in [1.807, 2.05) is 18.2 Å². The van der Waals surface area contributed by atoms with Crippen molar-refractivity contribution in [1.82, 2.24) is 0 Å². The van der Waals surface area contributed by atoms with Crippen molar-refractivity contribution >= 4 is 0 Å².